The van der Waals surface area contributed by atoms with Crippen molar-refractivity contribution in [2.45, 2.75) is 13.8 Å². The van der Waals surface area contributed by atoms with Crippen molar-refractivity contribution >= 4 is 29.1 Å². The lowest BCUT2D eigenvalue weighted by Gasteiger charge is -2.05. The van der Waals surface area contributed by atoms with Crippen molar-refractivity contribution in [1.29, 1.82) is 0 Å². The standard InChI is InChI=1S/C9H12Cl2N2O/c1-5(2)4-12-9(14)7-3-6(10)8(11)13-7/h3,5,13H,4H2,1-2H3,(H,12,14). The Morgan fingerprint density at radius 2 is 2.21 bits per heavy atom. The highest BCUT2D eigenvalue weighted by atomic mass is 35.5. The first kappa shape index (κ1) is 11.4. The fourth-order valence-electron chi connectivity index (χ4n) is 0.918. The van der Waals surface area contributed by atoms with Crippen molar-refractivity contribution in [2.24, 2.45) is 5.92 Å². The molecule has 0 saturated heterocycles. The zero-order chi connectivity index (χ0) is 10.7. The molecule has 0 aliphatic heterocycles. The number of hydrogen-bond donors (Lipinski definition) is 2. The third-order valence-electron chi connectivity index (χ3n) is 1.64. The van der Waals surface area contributed by atoms with Crippen LogP contribution in [0.2, 0.25) is 10.2 Å². The number of aromatic amines is 1. The van der Waals surface area contributed by atoms with E-state index in [1.54, 1.807) is 0 Å². The Morgan fingerprint density at radius 1 is 1.57 bits per heavy atom. The summed E-state index contributed by atoms with van der Waals surface area (Å²) in [6, 6.07) is 1.51. The van der Waals surface area contributed by atoms with Crippen molar-refractivity contribution in [2.75, 3.05) is 6.54 Å². The van der Waals surface area contributed by atoms with E-state index >= 15 is 0 Å². The van der Waals surface area contributed by atoms with E-state index in [1.807, 2.05) is 13.8 Å². The Hall–Kier alpha value is -0.670. The van der Waals surface area contributed by atoms with Crippen molar-refractivity contribution in [3.63, 3.8) is 0 Å². The molecule has 1 rings (SSSR count). The van der Waals surface area contributed by atoms with Crippen LogP contribution in [0.3, 0.4) is 0 Å². The smallest absolute Gasteiger partial charge is 0.267 e. The number of hydrogen-bond acceptors (Lipinski definition) is 1. The van der Waals surface area contributed by atoms with E-state index < -0.39 is 0 Å². The van der Waals surface area contributed by atoms with Gasteiger partial charge in [-0.3, -0.25) is 4.79 Å². The predicted octanol–water partition coefficient (Wildman–Crippen LogP) is 2.71. The molecule has 14 heavy (non-hydrogen) atoms. The summed E-state index contributed by atoms with van der Waals surface area (Å²) < 4.78 is 0. The van der Waals surface area contributed by atoms with Gasteiger partial charge in [0.25, 0.3) is 5.91 Å². The molecule has 0 atom stereocenters. The highest BCUT2D eigenvalue weighted by molar-refractivity contribution is 6.41. The predicted molar refractivity (Wildman–Crippen MR) is 58.0 cm³/mol. The Kier molecular flexibility index (Phi) is 3.84. The molecule has 0 fully saturated rings. The number of H-pyrrole nitrogens is 1. The first-order chi connectivity index (χ1) is 6.50. The van der Waals surface area contributed by atoms with E-state index in [1.165, 1.54) is 6.07 Å². The molecular formula is C9H12Cl2N2O. The monoisotopic (exact) mass is 234 g/mol. The van der Waals surface area contributed by atoms with Gasteiger partial charge in [0.05, 0.1) is 5.02 Å². The molecule has 5 heteroatoms. The van der Waals surface area contributed by atoms with Crippen LogP contribution in [0.4, 0.5) is 0 Å². The lowest BCUT2D eigenvalue weighted by atomic mass is 10.2. The third-order valence-corrected chi connectivity index (χ3v) is 2.33. The van der Waals surface area contributed by atoms with Crippen molar-refractivity contribution < 1.29 is 4.79 Å². The van der Waals surface area contributed by atoms with Gasteiger partial charge in [-0.2, -0.15) is 0 Å². The third kappa shape index (κ3) is 2.93. The van der Waals surface area contributed by atoms with Crippen LogP contribution in [0.15, 0.2) is 6.07 Å². The second kappa shape index (κ2) is 4.71. The van der Waals surface area contributed by atoms with E-state index in [4.69, 9.17) is 23.2 Å². The molecule has 1 heterocycles. The molecule has 3 nitrogen and oxygen atoms in total. The maximum atomic E-state index is 11.5. The average molecular weight is 235 g/mol. The van der Waals surface area contributed by atoms with Crippen LogP contribution < -0.4 is 5.32 Å². The highest BCUT2D eigenvalue weighted by Crippen LogP contribution is 2.21. The van der Waals surface area contributed by atoms with Gasteiger partial charge in [0.1, 0.15) is 10.8 Å². The quantitative estimate of drug-likeness (QED) is 0.831. The first-order valence-corrected chi connectivity index (χ1v) is 5.08. The van der Waals surface area contributed by atoms with E-state index in [-0.39, 0.29) is 5.91 Å². The molecule has 0 unspecified atom stereocenters. The minimum absolute atomic E-state index is 0.187. The van der Waals surface area contributed by atoms with Crippen LogP contribution in [0.25, 0.3) is 0 Å². The van der Waals surface area contributed by atoms with Crippen LogP contribution in [0.5, 0.6) is 0 Å². The minimum Gasteiger partial charge on any atom is -0.351 e. The number of nitrogens with one attached hydrogen (secondary N) is 2. The molecule has 0 bridgehead atoms. The van der Waals surface area contributed by atoms with Crippen molar-refractivity contribution in [3.05, 3.63) is 21.9 Å². The maximum absolute atomic E-state index is 11.5. The summed E-state index contributed by atoms with van der Waals surface area (Å²) in [7, 11) is 0. The average Bonchev–Trinajstić information content (AvgIpc) is 2.43. The molecule has 1 aromatic heterocycles. The van der Waals surface area contributed by atoms with Crippen LogP contribution in [-0.2, 0) is 0 Å². The van der Waals surface area contributed by atoms with Crippen LogP contribution in [0, 0.1) is 5.92 Å². The normalized spacial score (nSPS) is 10.6. The fraction of sp³-hybridized carbons (Fsp3) is 0.444. The lowest BCUT2D eigenvalue weighted by Crippen LogP contribution is -2.27. The van der Waals surface area contributed by atoms with Gasteiger partial charge in [0.2, 0.25) is 0 Å². The van der Waals surface area contributed by atoms with Crippen molar-refractivity contribution in [3.8, 4) is 0 Å². The Bertz CT molecular complexity index is 314. The number of amides is 1. The maximum Gasteiger partial charge on any atom is 0.267 e. The second-order valence-electron chi connectivity index (χ2n) is 3.45. The zero-order valence-electron chi connectivity index (χ0n) is 8.03. The largest absolute Gasteiger partial charge is 0.351 e. The molecule has 0 saturated carbocycles. The van der Waals surface area contributed by atoms with E-state index in [9.17, 15) is 4.79 Å². The first-order valence-electron chi connectivity index (χ1n) is 4.33. The van der Waals surface area contributed by atoms with Gasteiger partial charge in [0.15, 0.2) is 0 Å². The number of rotatable bonds is 3. The summed E-state index contributed by atoms with van der Waals surface area (Å²) in [6.07, 6.45) is 0. The molecule has 2 N–H and O–H groups in total. The van der Waals surface area contributed by atoms with Gasteiger partial charge >= 0.3 is 0 Å². The molecule has 0 aliphatic rings. The Balaban J connectivity index is 2.61. The molecule has 0 aliphatic carbocycles. The summed E-state index contributed by atoms with van der Waals surface area (Å²) in [5, 5.41) is 3.41. The molecule has 1 aromatic rings. The Morgan fingerprint density at radius 3 is 2.64 bits per heavy atom. The van der Waals surface area contributed by atoms with Gasteiger partial charge in [0, 0.05) is 6.54 Å². The molecule has 0 radical (unpaired) electrons. The van der Waals surface area contributed by atoms with Gasteiger partial charge in [-0.15, -0.1) is 0 Å². The van der Waals surface area contributed by atoms with Crippen LogP contribution in [0.1, 0.15) is 24.3 Å². The summed E-state index contributed by atoms with van der Waals surface area (Å²) >= 11 is 11.4. The van der Waals surface area contributed by atoms with E-state index in [0.717, 1.165) is 0 Å². The number of carbonyl (C=O) groups is 1. The summed E-state index contributed by atoms with van der Waals surface area (Å²) in [5.74, 6) is 0.229. The number of carbonyl (C=O) groups excluding carboxylic acids is 1. The molecular weight excluding hydrogens is 223 g/mol. The van der Waals surface area contributed by atoms with E-state index in [2.05, 4.69) is 10.3 Å². The lowest BCUT2D eigenvalue weighted by molar-refractivity contribution is 0.0944. The molecule has 1 amide bonds. The summed E-state index contributed by atoms with van der Waals surface area (Å²) in [6.45, 7) is 4.68. The summed E-state index contributed by atoms with van der Waals surface area (Å²) in [5.41, 5.74) is 0.389. The molecule has 78 valence electrons. The Labute approximate surface area is 92.8 Å². The van der Waals surface area contributed by atoms with E-state index in [0.29, 0.717) is 28.3 Å². The van der Waals surface area contributed by atoms with Gasteiger partial charge < -0.3 is 10.3 Å². The fourth-order valence-corrected chi connectivity index (χ4v) is 1.23. The minimum atomic E-state index is -0.187. The van der Waals surface area contributed by atoms with Gasteiger partial charge in [-0.05, 0) is 12.0 Å². The van der Waals surface area contributed by atoms with Crippen molar-refractivity contribution in [1.82, 2.24) is 10.3 Å². The molecule has 0 spiro atoms. The topological polar surface area (TPSA) is 44.9 Å². The summed E-state index contributed by atoms with van der Waals surface area (Å²) in [4.78, 5) is 14.1. The number of aromatic nitrogens is 1. The van der Waals surface area contributed by atoms with Gasteiger partial charge in [-0.1, -0.05) is 37.0 Å². The highest BCUT2D eigenvalue weighted by Gasteiger charge is 2.11. The van der Waals surface area contributed by atoms with Gasteiger partial charge in [-0.25, -0.2) is 0 Å². The van der Waals surface area contributed by atoms with Crippen LogP contribution >= 0.6 is 23.2 Å². The zero-order valence-corrected chi connectivity index (χ0v) is 9.54. The second-order valence-corrected chi connectivity index (χ2v) is 4.23. The number of halogens is 2. The SMILES string of the molecule is CC(C)CNC(=O)c1cc(Cl)c(Cl)[nH]1. The van der Waals surface area contributed by atoms with Crippen LogP contribution in [-0.4, -0.2) is 17.4 Å². The molecule has 0 aromatic carbocycles.